The van der Waals surface area contributed by atoms with Gasteiger partial charge in [-0.2, -0.15) is 0 Å². The fraction of sp³-hybridized carbons (Fsp3) is 0.800. The fourth-order valence-electron chi connectivity index (χ4n) is 3.22. The zero-order valence-electron chi connectivity index (χ0n) is 11.5. The van der Waals surface area contributed by atoms with Crippen molar-refractivity contribution in [3.05, 3.63) is 16.6 Å². The molecule has 2 N–H and O–H groups in total. The van der Waals surface area contributed by atoms with Gasteiger partial charge in [-0.15, -0.1) is 11.3 Å². The minimum Gasteiger partial charge on any atom is -0.330 e. The largest absolute Gasteiger partial charge is 0.330 e. The summed E-state index contributed by atoms with van der Waals surface area (Å²) in [6.45, 7) is 3.13. The second kappa shape index (κ2) is 6.67. The Hall–Kier alpha value is -0.410. The van der Waals surface area contributed by atoms with Crippen LogP contribution in [0.4, 0.5) is 0 Å². The first kappa shape index (κ1) is 14.0. The van der Waals surface area contributed by atoms with E-state index in [0.29, 0.717) is 5.41 Å². The van der Waals surface area contributed by atoms with Crippen molar-refractivity contribution in [1.29, 1.82) is 0 Å². The maximum Gasteiger partial charge on any atom is 0.0794 e. The summed E-state index contributed by atoms with van der Waals surface area (Å²) in [5, 5.41) is 0. The van der Waals surface area contributed by atoms with Gasteiger partial charge in [0.15, 0.2) is 0 Å². The highest BCUT2D eigenvalue weighted by Crippen LogP contribution is 2.42. The Morgan fingerprint density at radius 2 is 2.22 bits per heavy atom. The lowest BCUT2D eigenvalue weighted by molar-refractivity contribution is 0.151. The standard InChI is InChI=1S/C15H26N2S/c1-2-3-4-13-5-7-15(11-16,8-6-13)9-14-10-17-12-18-14/h10,12-13H,2-9,11,16H2,1H3. The number of thiazole rings is 1. The van der Waals surface area contributed by atoms with Crippen LogP contribution in [0.25, 0.3) is 0 Å². The molecule has 1 aromatic heterocycles. The number of hydrogen-bond donors (Lipinski definition) is 1. The molecule has 0 atom stereocenters. The van der Waals surface area contributed by atoms with Crippen LogP contribution in [0.3, 0.4) is 0 Å². The van der Waals surface area contributed by atoms with E-state index < -0.39 is 0 Å². The maximum atomic E-state index is 6.08. The van der Waals surface area contributed by atoms with Crippen LogP contribution in [-0.2, 0) is 6.42 Å². The van der Waals surface area contributed by atoms with E-state index in [-0.39, 0.29) is 0 Å². The summed E-state index contributed by atoms with van der Waals surface area (Å²) >= 11 is 1.78. The van der Waals surface area contributed by atoms with Crippen LogP contribution in [0.5, 0.6) is 0 Å². The van der Waals surface area contributed by atoms with Crippen molar-refractivity contribution < 1.29 is 0 Å². The Kier molecular flexibility index (Phi) is 5.19. The van der Waals surface area contributed by atoms with E-state index in [2.05, 4.69) is 11.9 Å². The maximum absolute atomic E-state index is 6.08. The Balaban J connectivity index is 1.87. The van der Waals surface area contributed by atoms with Crippen LogP contribution in [-0.4, -0.2) is 11.5 Å². The SMILES string of the molecule is CCCCC1CCC(CN)(Cc2cncs2)CC1. The van der Waals surface area contributed by atoms with Gasteiger partial charge in [0.25, 0.3) is 0 Å². The molecule has 1 aromatic rings. The molecule has 0 bridgehead atoms. The van der Waals surface area contributed by atoms with Gasteiger partial charge >= 0.3 is 0 Å². The first-order valence-corrected chi connectivity index (χ1v) is 8.23. The van der Waals surface area contributed by atoms with Gasteiger partial charge < -0.3 is 5.73 Å². The topological polar surface area (TPSA) is 38.9 Å². The average Bonchev–Trinajstić information content (AvgIpc) is 2.91. The Labute approximate surface area is 115 Å². The second-order valence-electron chi connectivity index (χ2n) is 5.93. The van der Waals surface area contributed by atoms with E-state index in [0.717, 1.165) is 18.9 Å². The van der Waals surface area contributed by atoms with Crippen molar-refractivity contribution in [3.8, 4) is 0 Å². The Morgan fingerprint density at radius 1 is 1.44 bits per heavy atom. The molecule has 0 aromatic carbocycles. The van der Waals surface area contributed by atoms with Crippen LogP contribution >= 0.6 is 11.3 Å². The summed E-state index contributed by atoms with van der Waals surface area (Å²) in [5.74, 6) is 0.964. The summed E-state index contributed by atoms with van der Waals surface area (Å²) in [6.07, 6.45) is 12.7. The van der Waals surface area contributed by atoms with Crippen LogP contribution in [0, 0.1) is 11.3 Å². The summed E-state index contributed by atoms with van der Waals surface area (Å²) < 4.78 is 0. The highest BCUT2D eigenvalue weighted by molar-refractivity contribution is 7.09. The summed E-state index contributed by atoms with van der Waals surface area (Å²) in [7, 11) is 0. The van der Waals surface area contributed by atoms with Gasteiger partial charge in [0.1, 0.15) is 0 Å². The van der Waals surface area contributed by atoms with E-state index in [1.165, 1.54) is 49.8 Å². The van der Waals surface area contributed by atoms with Gasteiger partial charge in [0, 0.05) is 11.1 Å². The number of nitrogens with two attached hydrogens (primary N) is 1. The van der Waals surface area contributed by atoms with Gasteiger partial charge in [0.2, 0.25) is 0 Å². The van der Waals surface area contributed by atoms with E-state index >= 15 is 0 Å². The molecule has 2 nitrogen and oxygen atoms in total. The molecule has 0 saturated heterocycles. The monoisotopic (exact) mass is 266 g/mol. The molecule has 102 valence electrons. The third kappa shape index (κ3) is 3.55. The van der Waals surface area contributed by atoms with Gasteiger partial charge in [-0.1, -0.05) is 26.2 Å². The van der Waals surface area contributed by atoms with E-state index in [9.17, 15) is 0 Å². The van der Waals surface area contributed by atoms with E-state index in [4.69, 9.17) is 5.73 Å². The molecule has 18 heavy (non-hydrogen) atoms. The zero-order chi connectivity index (χ0) is 12.8. The highest BCUT2D eigenvalue weighted by atomic mass is 32.1. The van der Waals surface area contributed by atoms with Crippen LogP contribution in [0.15, 0.2) is 11.7 Å². The Morgan fingerprint density at radius 3 is 2.78 bits per heavy atom. The third-order valence-electron chi connectivity index (χ3n) is 4.60. The van der Waals surface area contributed by atoms with Crippen molar-refractivity contribution in [3.63, 3.8) is 0 Å². The van der Waals surface area contributed by atoms with Gasteiger partial charge in [-0.05, 0) is 50.0 Å². The van der Waals surface area contributed by atoms with Crippen molar-refractivity contribution in [1.82, 2.24) is 4.98 Å². The lowest BCUT2D eigenvalue weighted by atomic mass is 9.67. The molecule has 1 aliphatic carbocycles. The number of aromatic nitrogens is 1. The zero-order valence-corrected chi connectivity index (χ0v) is 12.3. The third-order valence-corrected chi connectivity index (χ3v) is 5.38. The molecular weight excluding hydrogens is 240 g/mol. The quantitative estimate of drug-likeness (QED) is 0.845. The van der Waals surface area contributed by atoms with Crippen molar-refractivity contribution in [2.24, 2.45) is 17.1 Å². The lowest BCUT2D eigenvalue weighted by Gasteiger charge is -2.39. The number of unbranched alkanes of at least 4 members (excludes halogenated alkanes) is 1. The molecule has 3 heteroatoms. The second-order valence-corrected chi connectivity index (χ2v) is 6.91. The molecule has 1 heterocycles. The molecule has 0 spiro atoms. The first-order chi connectivity index (χ1) is 8.78. The minimum absolute atomic E-state index is 0.370. The summed E-state index contributed by atoms with van der Waals surface area (Å²) in [6, 6.07) is 0. The molecule has 0 amide bonds. The average molecular weight is 266 g/mol. The molecule has 1 saturated carbocycles. The van der Waals surface area contributed by atoms with Crippen molar-refractivity contribution in [2.45, 2.75) is 58.3 Å². The molecule has 1 fully saturated rings. The molecule has 0 unspecified atom stereocenters. The lowest BCUT2D eigenvalue weighted by Crippen LogP contribution is -2.36. The van der Waals surface area contributed by atoms with Crippen LogP contribution in [0.2, 0.25) is 0 Å². The van der Waals surface area contributed by atoms with Gasteiger partial charge in [-0.3, -0.25) is 4.98 Å². The van der Waals surface area contributed by atoms with Crippen molar-refractivity contribution >= 4 is 11.3 Å². The van der Waals surface area contributed by atoms with E-state index in [1.807, 2.05) is 11.7 Å². The Bertz CT molecular complexity index is 326. The fourth-order valence-corrected chi connectivity index (χ4v) is 3.99. The van der Waals surface area contributed by atoms with Crippen LogP contribution < -0.4 is 5.73 Å². The molecule has 0 radical (unpaired) electrons. The molecule has 2 rings (SSSR count). The first-order valence-electron chi connectivity index (χ1n) is 7.35. The number of rotatable bonds is 6. The summed E-state index contributed by atoms with van der Waals surface area (Å²) in [5.41, 5.74) is 8.39. The number of nitrogens with zero attached hydrogens (tertiary/aromatic N) is 1. The summed E-state index contributed by atoms with van der Waals surface area (Å²) in [4.78, 5) is 5.60. The smallest absolute Gasteiger partial charge is 0.0794 e. The normalized spacial score (nSPS) is 28.4. The number of hydrogen-bond acceptors (Lipinski definition) is 3. The van der Waals surface area contributed by atoms with Crippen molar-refractivity contribution in [2.75, 3.05) is 6.54 Å². The molecule has 1 aliphatic rings. The van der Waals surface area contributed by atoms with E-state index in [1.54, 1.807) is 11.3 Å². The van der Waals surface area contributed by atoms with Gasteiger partial charge in [-0.25, -0.2) is 0 Å². The highest BCUT2D eigenvalue weighted by Gasteiger charge is 2.34. The van der Waals surface area contributed by atoms with Gasteiger partial charge in [0.05, 0.1) is 5.51 Å². The van der Waals surface area contributed by atoms with Crippen LogP contribution in [0.1, 0.15) is 56.7 Å². The minimum atomic E-state index is 0.370. The predicted molar refractivity (Wildman–Crippen MR) is 78.8 cm³/mol. The molecular formula is C15H26N2S. The molecule has 0 aliphatic heterocycles. The predicted octanol–water partition coefficient (Wildman–Crippen LogP) is 4.01.